The van der Waals surface area contributed by atoms with Crippen molar-refractivity contribution in [1.82, 2.24) is 15.3 Å². The van der Waals surface area contributed by atoms with Gasteiger partial charge in [-0.2, -0.15) is 4.98 Å². The molecule has 1 heterocycles. The van der Waals surface area contributed by atoms with Gasteiger partial charge >= 0.3 is 6.01 Å². The van der Waals surface area contributed by atoms with Crippen molar-refractivity contribution in [3.8, 4) is 11.8 Å². The molecule has 0 unspecified atom stereocenters. The van der Waals surface area contributed by atoms with Crippen LogP contribution in [0.5, 0.6) is 11.8 Å². The van der Waals surface area contributed by atoms with Crippen molar-refractivity contribution in [3.63, 3.8) is 0 Å². The van der Waals surface area contributed by atoms with Gasteiger partial charge in [0.05, 0.1) is 0 Å². The SMILES string of the molecule is CNCc1cnc(Oc2cccc(Cl)c2)nc1C. The third-order valence-corrected chi connectivity index (χ3v) is 2.67. The molecule has 0 aliphatic heterocycles. The van der Waals surface area contributed by atoms with Crippen molar-refractivity contribution in [2.24, 2.45) is 0 Å². The molecule has 1 aromatic carbocycles. The number of rotatable bonds is 4. The molecule has 0 aliphatic carbocycles. The largest absolute Gasteiger partial charge is 0.424 e. The van der Waals surface area contributed by atoms with Crippen molar-refractivity contribution in [2.75, 3.05) is 7.05 Å². The van der Waals surface area contributed by atoms with Crippen LogP contribution in [-0.2, 0) is 6.54 Å². The number of benzene rings is 1. The standard InChI is InChI=1S/C13H14ClN3O/c1-9-10(7-15-2)8-16-13(17-9)18-12-5-3-4-11(14)6-12/h3-6,8,15H,7H2,1-2H3. The Hall–Kier alpha value is -1.65. The summed E-state index contributed by atoms with van der Waals surface area (Å²) in [6.07, 6.45) is 1.76. The normalized spacial score (nSPS) is 10.4. The van der Waals surface area contributed by atoms with Gasteiger partial charge in [-0.3, -0.25) is 0 Å². The second-order valence-corrected chi connectivity index (χ2v) is 4.29. The zero-order valence-electron chi connectivity index (χ0n) is 10.3. The van der Waals surface area contributed by atoms with Crippen molar-refractivity contribution in [2.45, 2.75) is 13.5 Å². The minimum atomic E-state index is 0.328. The van der Waals surface area contributed by atoms with Crippen LogP contribution in [0.4, 0.5) is 0 Å². The van der Waals surface area contributed by atoms with Crippen LogP contribution in [-0.4, -0.2) is 17.0 Å². The van der Waals surface area contributed by atoms with E-state index in [9.17, 15) is 0 Å². The Kier molecular flexibility index (Phi) is 4.12. The molecule has 0 fully saturated rings. The van der Waals surface area contributed by atoms with Crippen LogP contribution in [0.15, 0.2) is 30.5 Å². The number of hydrogen-bond donors (Lipinski definition) is 1. The highest BCUT2D eigenvalue weighted by Crippen LogP contribution is 2.21. The van der Waals surface area contributed by atoms with Gasteiger partial charge in [0.1, 0.15) is 5.75 Å². The monoisotopic (exact) mass is 263 g/mol. The Morgan fingerprint density at radius 3 is 2.89 bits per heavy atom. The van der Waals surface area contributed by atoms with Gasteiger partial charge in [0.25, 0.3) is 0 Å². The molecule has 0 radical (unpaired) electrons. The molecule has 1 aromatic heterocycles. The lowest BCUT2D eigenvalue weighted by Crippen LogP contribution is -2.08. The summed E-state index contributed by atoms with van der Waals surface area (Å²) in [4.78, 5) is 8.47. The predicted molar refractivity (Wildman–Crippen MR) is 71.1 cm³/mol. The molecular formula is C13H14ClN3O. The number of halogens is 1. The van der Waals surface area contributed by atoms with Crippen molar-refractivity contribution >= 4 is 11.6 Å². The van der Waals surface area contributed by atoms with E-state index in [0.29, 0.717) is 16.8 Å². The number of ether oxygens (including phenoxy) is 1. The average molecular weight is 264 g/mol. The molecule has 0 spiro atoms. The highest BCUT2D eigenvalue weighted by atomic mass is 35.5. The average Bonchev–Trinajstić information content (AvgIpc) is 2.33. The van der Waals surface area contributed by atoms with Crippen LogP contribution < -0.4 is 10.1 Å². The molecule has 0 aliphatic rings. The summed E-state index contributed by atoms with van der Waals surface area (Å²) in [5.74, 6) is 0.628. The third kappa shape index (κ3) is 3.18. The van der Waals surface area contributed by atoms with Crippen LogP contribution in [0, 0.1) is 6.92 Å². The Labute approximate surface area is 111 Å². The van der Waals surface area contributed by atoms with Gasteiger partial charge in [-0.1, -0.05) is 17.7 Å². The summed E-state index contributed by atoms with van der Waals surface area (Å²) in [5.41, 5.74) is 1.95. The Bertz CT molecular complexity index is 546. The molecule has 2 aromatic rings. The molecule has 0 saturated carbocycles. The van der Waals surface area contributed by atoms with E-state index in [1.165, 1.54) is 0 Å². The molecule has 4 nitrogen and oxygen atoms in total. The van der Waals surface area contributed by atoms with E-state index in [2.05, 4.69) is 15.3 Å². The Morgan fingerprint density at radius 2 is 2.22 bits per heavy atom. The van der Waals surface area contributed by atoms with Crippen LogP contribution in [0.2, 0.25) is 5.02 Å². The van der Waals surface area contributed by atoms with E-state index < -0.39 is 0 Å². The molecule has 0 atom stereocenters. The van der Waals surface area contributed by atoms with Gasteiger partial charge < -0.3 is 10.1 Å². The molecule has 2 rings (SSSR count). The molecule has 18 heavy (non-hydrogen) atoms. The molecule has 1 N–H and O–H groups in total. The number of nitrogens with one attached hydrogen (secondary N) is 1. The maximum absolute atomic E-state index is 5.88. The number of aryl methyl sites for hydroxylation is 1. The first-order valence-electron chi connectivity index (χ1n) is 5.59. The van der Waals surface area contributed by atoms with E-state index >= 15 is 0 Å². The van der Waals surface area contributed by atoms with Crippen LogP contribution in [0.25, 0.3) is 0 Å². The minimum Gasteiger partial charge on any atom is -0.424 e. The summed E-state index contributed by atoms with van der Waals surface area (Å²) in [6.45, 7) is 2.67. The molecule has 0 saturated heterocycles. The van der Waals surface area contributed by atoms with Crippen molar-refractivity contribution in [1.29, 1.82) is 0 Å². The quantitative estimate of drug-likeness (QED) is 0.921. The molecule has 5 heteroatoms. The fraction of sp³-hybridized carbons (Fsp3) is 0.231. The zero-order chi connectivity index (χ0) is 13.0. The van der Waals surface area contributed by atoms with E-state index in [-0.39, 0.29) is 0 Å². The minimum absolute atomic E-state index is 0.328. The van der Waals surface area contributed by atoms with E-state index in [1.807, 2.05) is 26.1 Å². The maximum atomic E-state index is 5.88. The highest BCUT2D eigenvalue weighted by molar-refractivity contribution is 6.30. The van der Waals surface area contributed by atoms with Crippen LogP contribution >= 0.6 is 11.6 Å². The smallest absolute Gasteiger partial charge is 0.322 e. The maximum Gasteiger partial charge on any atom is 0.322 e. The lowest BCUT2D eigenvalue weighted by molar-refractivity contribution is 0.439. The topological polar surface area (TPSA) is 47.0 Å². The van der Waals surface area contributed by atoms with Crippen molar-refractivity contribution in [3.05, 3.63) is 46.7 Å². The number of nitrogens with zero attached hydrogens (tertiary/aromatic N) is 2. The van der Waals surface area contributed by atoms with Gasteiger partial charge in [0.15, 0.2) is 0 Å². The van der Waals surface area contributed by atoms with E-state index in [0.717, 1.165) is 17.8 Å². The van der Waals surface area contributed by atoms with Gasteiger partial charge in [-0.05, 0) is 32.2 Å². The number of aromatic nitrogens is 2. The molecular weight excluding hydrogens is 250 g/mol. The first-order chi connectivity index (χ1) is 8.69. The van der Waals surface area contributed by atoms with Gasteiger partial charge in [-0.15, -0.1) is 0 Å². The summed E-state index contributed by atoms with van der Waals surface area (Å²) in [5, 5.41) is 3.68. The van der Waals surface area contributed by atoms with E-state index in [4.69, 9.17) is 16.3 Å². The fourth-order valence-corrected chi connectivity index (χ4v) is 1.70. The lowest BCUT2D eigenvalue weighted by Gasteiger charge is -2.07. The fourth-order valence-electron chi connectivity index (χ4n) is 1.52. The molecule has 0 bridgehead atoms. The second-order valence-electron chi connectivity index (χ2n) is 3.85. The van der Waals surface area contributed by atoms with E-state index in [1.54, 1.807) is 18.3 Å². The van der Waals surface area contributed by atoms with Crippen molar-refractivity contribution < 1.29 is 4.74 Å². The lowest BCUT2D eigenvalue weighted by atomic mass is 10.2. The first kappa shape index (κ1) is 12.8. The van der Waals surface area contributed by atoms with Gasteiger partial charge in [-0.25, -0.2) is 4.98 Å². The first-order valence-corrected chi connectivity index (χ1v) is 5.97. The van der Waals surface area contributed by atoms with Gasteiger partial charge in [0, 0.05) is 29.0 Å². The highest BCUT2D eigenvalue weighted by Gasteiger charge is 2.05. The summed E-state index contributed by atoms with van der Waals surface area (Å²) < 4.78 is 5.55. The molecule has 94 valence electrons. The Morgan fingerprint density at radius 1 is 1.39 bits per heavy atom. The predicted octanol–water partition coefficient (Wildman–Crippen LogP) is 2.95. The number of hydrogen-bond acceptors (Lipinski definition) is 4. The molecule has 0 amide bonds. The second kappa shape index (κ2) is 5.80. The van der Waals surface area contributed by atoms with Gasteiger partial charge in [0.2, 0.25) is 0 Å². The Balaban J connectivity index is 2.17. The summed E-state index contributed by atoms with van der Waals surface area (Å²) in [6, 6.07) is 7.47. The zero-order valence-corrected chi connectivity index (χ0v) is 11.0. The summed E-state index contributed by atoms with van der Waals surface area (Å²) >= 11 is 5.88. The van der Waals surface area contributed by atoms with Crippen LogP contribution in [0.1, 0.15) is 11.3 Å². The third-order valence-electron chi connectivity index (χ3n) is 2.43. The summed E-state index contributed by atoms with van der Waals surface area (Å²) in [7, 11) is 1.88. The van der Waals surface area contributed by atoms with Crippen LogP contribution in [0.3, 0.4) is 0 Å².